The molecule has 22 heavy (non-hydrogen) atoms. The van der Waals surface area contributed by atoms with Crippen LogP contribution in [0, 0.1) is 5.92 Å². The molecule has 1 aromatic rings. The number of hydrogen-bond acceptors (Lipinski definition) is 2. The molecule has 2 rings (SSSR count). The van der Waals surface area contributed by atoms with Gasteiger partial charge in [0.2, 0.25) is 0 Å². The quantitative estimate of drug-likeness (QED) is 0.441. The van der Waals surface area contributed by atoms with Gasteiger partial charge >= 0.3 is 0 Å². The van der Waals surface area contributed by atoms with Gasteiger partial charge in [0.05, 0.1) is 6.61 Å². The zero-order valence-electron chi connectivity index (χ0n) is 14.1. The number of nitrogens with one attached hydrogen (secondary N) is 2. The second-order valence-electron chi connectivity index (χ2n) is 6.62. The van der Waals surface area contributed by atoms with Crippen LogP contribution in [0.2, 0.25) is 0 Å². The summed E-state index contributed by atoms with van der Waals surface area (Å²) in [4.78, 5) is 4.27. The summed E-state index contributed by atoms with van der Waals surface area (Å²) in [5, 5.41) is 6.71. The zero-order chi connectivity index (χ0) is 15.8. The van der Waals surface area contributed by atoms with Crippen LogP contribution in [0.1, 0.15) is 32.3 Å². The van der Waals surface area contributed by atoms with Gasteiger partial charge in [-0.1, -0.05) is 44.2 Å². The summed E-state index contributed by atoms with van der Waals surface area (Å²) in [5.41, 5.74) is 1.38. The Bertz CT molecular complexity index is 466. The van der Waals surface area contributed by atoms with Gasteiger partial charge in [-0.15, -0.1) is 0 Å². The van der Waals surface area contributed by atoms with Crippen molar-refractivity contribution in [2.45, 2.75) is 32.1 Å². The lowest BCUT2D eigenvalue weighted by Gasteiger charge is -2.26. The fourth-order valence-electron chi connectivity index (χ4n) is 2.29. The predicted molar refractivity (Wildman–Crippen MR) is 92.4 cm³/mol. The van der Waals surface area contributed by atoms with Crippen LogP contribution in [0.4, 0.5) is 0 Å². The van der Waals surface area contributed by atoms with Gasteiger partial charge in [0.1, 0.15) is 0 Å². The molecule has 1 aliphatic rings. The first-order valence-corrected chi connectivity index (χ1v) is 8.19. The molecule has 4 nitrogen and oxygen atoms in total. The van der Waals surface area contributed by atoms with Crippen LogP contribution in [-0.2, 0) is 10.2 Å². The van der Waals surface area contributed by atoms with Crippen LogP contribution in [0.15, 0.2) is 35.3 Å². The minimum absolute atomic E-state index is 0.0569. The SMILES string of the molecule is CN=C(NCCOCC1CC1)NCC(C)(C)c1ccccc1. The minimum atomic E-state index is 0.0569. The highest BCUT2D eigenvalue weighted by Crippen LogP contribution is 2.28. The van der Waals surface area contributed by atoms with E-state index in [1.54, 1.807) is 7.05 Å². The summed E-state index contributed by atoms with van der Waals surface area (Å²) >= 11 is 0. The van der Waals surface area contributed by atoms with Crippen LogP contribution in [-0.4, -0.2) is 39.3 Å². The van der Waals surface area contributed by atoms with E-state index < -0.39 is 0 Å². The highest BCUT2D eigenvalue weighted by molar-refractivity contribution is 5.79. The maximum atomic E-state index is 5.62. The lowest BCUT2D eigenvalue weighted by Crippen LogP contribution is -2.44. The van der Waals surface area contributed by atoms with Gasteiger partial charge in [-0.25, -0.2) is 0 Å². The van der Waals surface area contributed by atoms with Crippen molar-refractivity contribution in [3.05, 3.63) is 35.9 Å². The van der Waals surface area contributed by atoms with Gasteiger partial charge in [-0.3, -0.25) is 4.99 Å². The number of rotatable bonds is 8. The van der Waals surface area contributed by atoms with Crippen molar-refractivity contribution in [2.75, 3.05) is 33.4 Å². The zero-order valence-corrected chi connectivity index (χ0v) is 14.1. The molecule has 0 radical (unpaired) electrons. The van der Waals surface area contributed by atoms with E-state index >= 15 is 0 Å². The van der Waals surface area contributed by atoms with E-state index in [1.807, 2.05) is 0 Å². The number of hydrogen-bond donors (Lipinski definition) is 2. The molecule has 1 fully saturated rings. The van der Waals surface area contributed by atoms with Crippen molar-refractivity contribution >= 4 is 5.96 Å². The Balaban J connectivity index is 1.68. The molecular weight excluding hydrogens is 274 g/mol. The Kier molecular flexibility index (Phi) is 6.25. The largest absolute Gasteiger partial charge is 0.379 e. The van der Waals surface area contributed by atoms with Crippen LogP contribution in [0.3, 0.4) is 0 Å². The number of benzene rings is 1. The Morgan fingerprint density at radius 3 is 2.59 bits per heavy atom. The van der Waals surface area contributed by atoms with Crippen molar-refractivity contribution in [3.8, 4) is 0 Å². The summed E-state index contributed by atoms with van der Waals surface area (Å²) < 4.78 is 5.62. The molecule has 0 aliphatic heterocycles. The van der Waals surface area contributed by atoms with Crippen molar-refractivity contribution in [1.29, 1.82) is 0 Å². The highest BCUT2D eigenvalue weighted by Gasteiger charge is 2.21. The van der Waals surface area contributed by atoms with E-state index in [9.17, 15) is 0 Å². The number of ether oxygens (including phenoxy) is 1. The van der Waals surface area contributed by atoms with Crippen molar-refractivity contribution in [3.63, 3.8) is 0 Å². The average Bonchev–Trinajstić information content (AvgIpc) is 3.35. The molecule has 0 unspecified atom stereocenters. The summed E-state index contributed by atoms with van der Waals surface area (Å²) in [6.45, 7) is 7.74. The van der Waals surface area contributed by atoms with Gasteiger partial charge < -0.3 is 15.4 Å². The average molecular weight is 303 g/mol. The standard InChI is InChI=1S/C18H29N3O/c1-18(2,16-7-5-4-6-8-16)14-21-17(19-3)20-11-12-22-13-15-9-10-15/h4-8,15H,9-14H2,1-3H3,(H2,19,20,21). The van der Waals surface area contributed by atoms with E-state index in [1.165, 1.54) is 18.4 Å². The molecule has 1 saturated carbocycles. The van der Waals surface area contributed by atoms with Crippen LogP contribution < -0.4 is 10.6 Å². The van der Waals surface area contributed by atoms with Crippen molar-refractivity contribution in [2.24, 2.45) is 10.9 Å². The summed E-state index contributed by atoms with van der Waals surface area (Å²) in [5.74, 6) is 1.66. The first-order chi connectivity index (χ1) is 10.6. The smallest absolute Gasteiger partial charge is 0.191 e. The lowest BCUT2D eigenvalue weighted by molar-refractivity contribution is 0.129. The molecule has 0 spiro atoms. The number of guanidine groups is 1. The fourth-order valence-corrected chi connectivity index (χ4v) is 2.29. The van der Waals surface area contributed by atoms with E-state index in [0.29, 0.717) is 0 Å². The summed E-state index contributed by atoms with van der Waals surface area (Å²) in [6.07, 6.45) is 2.68. The van der Waals surface area contributed by atoms with Crippen molar-refractivity contribution in [1.82, 2.24) is 10.6 Å². The second kappa shape index (κ2) is 8.18. The molecular formula is C18H29N3O. The maximum Gasteiger partial charge on any atom is 0.191 e. The van der Waals surface area contributed by atoms with Gasteiger partial charge in [0, 0.05) is 32.2 Å². The molecule has 0 amide bonds. The molecule has 1 aromatic carbocycles. The normalized spacial score (nSPS) is 15.7. The minimum Gasteiger partial charge on any atom is -0.379 e. The Morgan fingerprint density at radius 1 is 1.23 bits per heavy atom. The monoisotopic (exact) mass is 303 g/mol. The predicted octanol–water partition coefficient (Wildman–Crippen LogP) is 2.56. The third-order valence-corrected chi connectivity index (χ3v) is 4.07. The number of aliphatic imine (C=N–C) groups is 1. The van der Waals surface area contributed by atoms with Crippen LogP contribution >= 0.6 is 0 Å². The molecule has 4 heteroatoms. The molecule has 0 atom stereocenters. The summed E-state index contributed by atoms with van der Waals surface area (Å²) in [6, 6.07) is 10.6. The summed E-state index contributed by atoms with van der Waals surface area (Å²) in [7, 11) is 1.80. The van der Waals surface area contributed by atoms with E-state index in [0.717, 1.165) is 38.2 Å². The van der Waals surface area contributed by atoms with E-state index in [-0.39, 0.29) is 5.41 Å². The molecule has 2 N–H and O–H groups in total. The topological polar surface area (TPSA) is 45.7 Å². The van der Waals surface area contributed by atoms with Gasteiger partial charge in [-0.05, 0) is 24.3 Å². The number of nitrogens with zero attached hydrogens (tertiary/aromatic N) is 1. The molecule has 0 aromatic heterocycles. The fraction of sp³-hybridized carbons (Fsp3) is 0.611. The van der Waals surface area contributed by atoms with Gasteiger partial charge in [-0.2, -0.15) is 0 Å². The molecule has 1 aliphatic carbocycles. The van der Waals surface area contributed by atoms with Crippen molar-refractivity contribution < 1.29 is 4.74 Å². The van der Waals surface area contributed by atoms with Crippen LogP contribution in [0.5, 0.6) is 0 Å². The first kappa shape index (κ1) is 16.8. The molecule has 122 valence electrons. The Hall–Kier alpha value is -1.55. The van der Waals surface area contributed by atoms with E-state index in [2.05, 4.69) is 59.8 Å². The first-order valence-electron chi connectivity index (χ1n) is 8.19. The molecule has 0 bridgehead atoms. The maximum absolute atomic E-state index is 5.62. The molecule has 0 heterocycles. The second-order valence-corrected chi connectivity index (χ2v) is 6.62. The van der Waals surface area contributed by atoms with E-state index in [4.69, 9.17) is 4.74 Å². The van der Waals surface area contributed by atoms with Gasteiger partial charge in [0.25, 0.3) is 0 Å². The van der Waals surface area contributed by atoms with Gasteiger partial charge in [0.15, 0.2) is 5.96 Å². The molecule has 0 saturated heterocycles. The third-order valence-electron chi connectivity index (χ3n) is 4.07. The van der Waals surface area contributed by atoms with Crippen LogP contribution in [0.25, 0.3) is 0 Å². The third kappa shape index (κ3) is 5.68. The highest BCUT2D eigenvalue weighted by atomic mass is 16.5. The lowest BCUT2D eigenvalue weighted by atomic mass is 9.85. The Labute approximate surface area is 134 Å². The Morgan fingerprint density at radius 2 is 1.95 bits per heavy atom.